The predicted molar refractivity (Wildman–Crippen MR) is 84.1 cm³/mol. The molecule has 3 rings (SSSR count). The van der Waals surface area contributed by atoms with Crippen molar-refractivity contribution in [3.05, 3.63) is 33.8 Å². The molecule has 0 aromatic heterocycles. The molecular weight excluding hydrogens is 332 g/mol. The number of aryl methyl sites for hydroxylation is 1. The fraction of sp³-hybridized carbons (Fsp3) is 0.500. The average Bonchev–Trinajstić information content (AvgIpc) is 3.13. The van der Waals surface area contributed by atoms with Gasteiger partial charge < -0.3 is 10.2 Å². The number of nitrogens with zero attached hydrogens (tertiary/aromatic N) is 1. The highest BCUT2D eigenvalue weighted by molar-refractivity contribution is 9.10. The first-order chi connectivity index (χ1) is 10.1. The Morgan fingerprint density at radius 2 is 2.05 bits per heavy atom. The summed E-state index contributed by atoms with van der Waals surface area (Å²) in [6, 6.07) is 5.71. The molecule has 0 spiro atoms. The van der Waals surface area contributed by atoms with Crippen LogP contribution in [0.4, 0.5) is 0 Å². The zero-order chi connectivity index (χ0) is 15.0. The number of hydrogen-bond acceptors (Lipinski definition) is 2. The van der Waals surface area contributed by atoms with E-state index in [1.165, 1.54) is 0 Å². The predicted octanol–water partition coefficient (Wildman–Crippen LogP) is 2.64. The number of amides is 2. The van der Waals surface area contributed by atoms with Crippen LogP contribution in [0.25, 0.3) is 0 Å². The summed E-state index contributed by atoms with van der Waals surface area (Å²) in [6.45, 7) is 2.59. The minimum absolute atomic E-state index is 0.0102. The van der Waals surface area contributed by atoms with Crippen molar-refractivity contribution in [2.75, 3.05) is 6.54 Å². The molecule has 1 saturated heterocycles. The van der Waals surface area contributed by atoms with Crippen LogP contribution >= 0.6 is 15.9 Å². The molecule has 1 atom stereocenters. The lowest BCUT2D eigenvalue weighted by Crippen LogP contribution is -2.46. The molecule has 1 aliphatic carbocycles. The SMILES string of the molecule is Cc1ccc(Br)cc1C(=O)N1CCCC1C(=O)NC1CC1. The van der Waals surface area contributed by atoms with Gasteiger partial charge in [-0.1, -0.05) is 22.0 Å². The smallest absolute Gasteiger partial charge is 0.254 e. The quantitative estimate of drug-likeness (QED) is 0.910. The van der Waals surface area contributed by atoms with Gasteiger partial charge in [0.15, 0.2) is 0 Å². The molecule has 5 heteroatoms. The number of likely N-dealkylation sites (tertiary alicyclic amines) is 1. The van der Waals surface area contributed by atoms with Crippen molar-refractivity contribution < 1.29 is 9.59 Å². The largest absolute Gasteiger partial charge is 0.352 e. The maximum absolute atomic E-state index is 12.8. The van der Waals surface area contributed by atoms with E-state index in [0.29, 0.717) is 18.2 Å². The van der Waals surface area contributed by atoms with E-state index in [2.05, 4.69) is 21.2 Å². The Balaban J connectivity index is 1.78. The van der Waals surface area contributed by atoms with E-state index < -0.39 is 0 Å². The molecule has 2 amide bonds. The first-order valence-corrected chi connectivity index (χ1v) is 8.23. The lowest BCUT2D eigenvalue weighted by molar-refractivity contribution is -0.125. The van der Waals surface area contributed by atoms with Crippen molar-refractivity contribution in [1.82, 2.24) is 10.2 Å². The lowest BCUT2D eigenvalue weighted by atomic mass is 10.1. The summed E-state index contributed by atoms with van der Waals surface area (Å²) in [5.41, 5.74) is 1.62. The second-order valence-electron chi connectivity index (χ2n) is 5.90. The third kappa shape index (κ3) is 3.12. The van der Waals surface area contributed by atoms with Crippen LogP contribution < -0.4 is 5.32 Å². The fourth-order valence-electron chi connectivity index (χ4n) is 2.79. The van der Waals surface area contributed by atoms with Gasteiger partial charge in [0.25, 0.3) is 5.91 Å². The highest BCUT2D eigenvalue weighted by Gasteiger charge is 2.37. The highest BCUT2D eigenvalue weighted by atomic mass is 79.9. The maximum atomic E-state index is 12.8. The summed E-state index contributed by atoms with van der Waals surface area (Å²) in [5, 5.41) is 3.02. The van der Waals surface area contributed by atoms with Gasteiger partial charge in [-0.2, -0.15) is 0 Å². The van der Waals surface area contributed by atoms with Crippen molar-refractivity contribution >= 4 is 27.7 Å². The van der Waals surface area contributed by atoms with E-state index in [-0.39, 0.29) is 17.9 Å². The summed E-state index contributed by atoms with van der Waals surface area (Å²) >= 11 is 3.41. The Labute approximate surface area is 133 Å². The normalized spacial score (nSPS) is 21.4. The second kappa shape index (κ2) is 5.79. The van der Waals surface area contributed by atoms with Crippen LogP contribution in [0.5, 0.6) is 0 Å². The van der Waals surface area contributed by atoms with Gasteiger partial charge in [-0.15, -0.1) is 0 Å². The summed E-state index contributed by atoms with van der Waals surface area (Å²) in [6.07, 6.45) is 3.78. The van der Waals surface area contributed by atoms with Gasteiger partial charge in [-0.05, 0) is 50.3 Å². The van der Waals surface area contributed by atoms with Gasteiger partial charge in [0.2, 0.25) is 5.91 Å². The summed E-state index contributed by atoms with van der Waals surface area (Å²) in [7, 11) is 0. The van der Waals surface area contributed by atoms with Gasteiger partial charge in [-0.3, -0.25) is 9.59 Å². The highest BCUT2D eigenvalue weighted by Crippen LogP contribution is 2.25. The number of carbonyl (C=O) groups is 2. The van der Waals surface area contributed by atoms with E-state index >= 15 is 0 Å². The van der Waals surface area contributed by atoms with Crippen molar-refractivity contribution in [3.63, 3.8) is 0 Å². The molecule has 1 N–H and O–H groups in total. The van der Waals surface area contributed by atoms with E-state index in [0.717, 1.165) is 35.7 Å². The van der Waals surface area contributed by atoms with E-state index in [1.807, 2.05) is 25.1 Å². The molecule has 21 heavy (non-hydrogen) atoms. The number of rotatable bonds is 3. The van der Waals surface area contributed by atoms with Crippen LogP contribution in [0.1, 0.15) is 41.6 Å². The molecule has 1 unspecified atom stereocenters. The Hall–Kier alpha value is -1.36. The van der Waals surface area contributed by atoms with Crippen molar-refractivity contribution in [1.29, 1.82) is 0 Å². The zero-order valence-corrected chi connectivity index (χ0v) is 13.6. The molecule has 2 aliphatic rings. The lowest BCUT2D eigenvalue weighted by Gasteiger charge is -2.24. The summed E-state index contributed by atoms with van der Waals surface area (Å²) < 4.78 is 0.884. The van der Waals surface area contributed by atoms with E-state index in [1.54, 1.807) is 4.90 Å². The van der Waals surface area contributed by atoms with Gasteiger partial charge in [-0.25, -0.2) is 0 Å². The molecule has 4 nitrogen and oxygen atoms in total. The molecule has 112 valence electrons. The Bertz CT molecular complexity index is 584. The van der Waals surface area contributed by atoms with Crippen molar-refractivity contribution in [3.8, 4) is 0 Å². The third-order valence-electron chi connectivity index (χ3n) is 4.17. The van der Waals surface area contributed by atoms with Crippen LogP contribution in [0.2, 0.25) is 0 Å². The molecule has 1 heterocycles. The van der Waals surface area contributed by atoms with Crippen molar-refractivity contribution in [2.45, 2.75) is 44.7 Å². The van der Waals surface area contributed by atoms with Crippen LogP contribution in [0.3, 0.4) is 0 Å². The van der Waals surface area contributed by atoms with Crippen LogP contribution in [-0.2, 0) is 4.79 Å². The number of halogens is 1. The number of benzene rings is 1. The number of carbonyl (C=O) groups excluding carboxylic acids is 2. The fourth-order valence-corrected chi connectivity index (χ4v) is 3.15. The first kappa shape index (κ1) is 14.6. The maximum Gasteiger partial charge on any atom is 0.254 e. The molecule has 0 radical (unpaired) electrons. The minimum atomic E-state index is -0.309. The Kier molecular flexibility index (Phi) is 4.02. The van der Waals surface area contributed by atoms with E-state index in [9.17, 15) is 9.59 Å². The summed E-state index contributed by atoms with van der Waals surface area (Å²) in [5.74, 6) is -0.0294. The van der Waals surface area contributed by atoms with Crippen LogP contribution in [0, 0.1) is 6.92 Å². The van der Waals surface area contributed by atoms with Gasteiger partial charge in [0.1, 0.15) is 6.04 Å². The molecule has 1 aromatic carbocycles. The Morgan fingerprint density at radius 1 is 1.29 bits per heavy atom. The molecule has 0 bridgehead atoms. The average molecular weight is 351 g/mol. The number of nitrogens with one attached hydrogen (secondary N) is 1. The number of hydrogen-bond donors (Lipinski definition) is 1. The van der Waals surface area contributed by atoms with Crippen molar-refractivity contribution in [2.24, 2.45) is 0 Å². The zero-order valence-electron chi connectivity index (χ0n) is 12.1. The van der Waals surface area contributed by atoms with Crippen LogP contribution in [-0.4, -0.2) is 35.3 Å². The topological polar surface area (TPSA) is 49.4 Å². The first-order valence-electron chi connectivity index (χ1n) is 7.44. The molecule has 1 saturated carbocycles. The van der Waals surface area contributed by atoms with Gasteiger partial charge in [0, 0.05) is 22.6 Å². The summed E-state index contributed by atoms with van der Waals surface area (Å²) in [4.78, 5) is 26.8. The monoisotopic (exact) mass is 350 g/mol. The third-order valence-corrected chi connectivity index (χ3v) is 4.66. The van der Waals surface area contributed by atoms with Gasteiger partial charge >= 0.3 is 0 Å². The second-order valence-corrected chi connectivity index (χ2v) is 6.81. The van der Waals surface area contributed by atoms with E-state index in [4.69, 9.17) is 0 Å². The molecular formula is C16H19BrN2O2. The van der Waals surface area contributed by atoms with Gasteiger partial charge in [0.05, 0.1) is 0 Å². The minimum Gasteiger partial charge on any atom is -0.352 e. The van der Waals surface area contributed by atoms with Crippen LogP contribution in [0.15, 0.2) is 22.7 Å². The Morgan fingerprint density at radius 3 is 2.76 bits per heavy atom. The molecule has 1 aromatic rings. The molecule has 2 fully saturated rings. The molecule has 1 aliphatic heterocycles. The standard InChI is InChI=1S/C16H19BrN2O2/c1-10-4-5-11(17)9-13(10)16(21)19-8-2-3-14(19)15(20)18-12-6-7-12/h4-5,9,12,14H,2-3,6-8H2,1H3,(H,18,20).